The van der Waals surface area contributed by atoms with Gasteiger partial charge in [-0.2, -0.15) is 5.10 Å². The molecule has 0 fully saturated rings. The summed E-state index contributed by atoms with van der Waals surface area (Å²) in [5, 5.41) is 8.00. The van der Waals surface area contributed by atoms with Crippen LogP contribution in [0.4, 0.5) is 5.82 Å². The first-order chi connectivity index (χ1) is 7.86. The lowest BCUT2D eigenvalue weighted by Crippen LogP contribution is -2.02. The van der Waals surface area contributed by atoms with Gasteiger partial charge in [-0.1, -0.05) is 12.8 Å². The van der Waals surface area contributed by atoms with Crippen molar-refractivity contribution in [3.05, 3.63) is 17.3 Å². The van der Waals surface area contributed by atoms with Gasteiger partial charge in [-0.05, 0) is 36.8 Å². The minimum absolute atomic E-state index is 0.667. The number of hydrogen-bond acceptors (Lipinski definition) is 3. The van der Waals surface area contributed by atoms with Gasteiger partial charge >= 0.3 is 0 Å². The van der Waals surface area contributed by atoms with Crippen molar-refractivity contribution >= 4 is 16.9 Å². The molecule has 0 radical (unpaired) electrons. The molecule has 0 aromatic carbocycles. The molecule has 4 nitrogen and oxygen atoms in total. The molecule has 2 aromatic heterocycles. The predicted molar refractivity (Wildman–Crippen MR) is 64.2 cm³/mol. The predicted octanol–water partition coefficient (Wildman–Crippen LogP) is 2.20. The Morgan fingerprint density at radius 2 is 1.94 bits per heavy atom. The first kappa shape index (κ1) is 9.63. The van der Waals surface area contributed by atoms with Crippen molar-refractivity contribution in [1.82, 2.24) is 15.2 Å². The van der Waals surface area contributed by atoms with Gasteiger partial charge in [-0.3, -0.25) is 5.10 Å². The molecule has 0 unspecified atom stereocenters. The smallest absolute Gasteiger partial charge is 0.183 e. The molecular formula is C12H16N4. The monoisotopic (exact) mass is 216 g/mol. The van der Waals surface area contributed by atoms with Crippen LogP contribution in [-0.2, 0) is 12.8 Å². The van der Waals surface area contributed by atoms with Gasteiger partial charge in [0.25, 0.3) is 0 Å². The number of aromatic amines is 1. The number of aryl methyl sites for hydroxylation is 2. The van der Waals surface area contributed by atoms with Gasteiger partial charge in [0.2, 0.25) is 0 Å². The van der Waals surface area contributed by atoms with Gasteiger partial charge in [-0.15, -0.1) is 0 Å². The summed E-state index contributed by atoms with van der Waals surface area (Å²) in [5.41, 5.74) is 9.43. The number of pyridine rings is 1. The van der Waals surface area contributed by atoms with Gasteiger partial charge in [0.15, 0.2) is 5.65 Å². The molecule has 2 aromatic rings. The molecule has 0 aliphatic heterocycles. The highest BCUT2D eigenvalue weighted by Gasteiger charge is 2.14. The lowest BCUT2D eigenvalue weighted by molar-refractivity contribution is 0.618. The summed E-state index contributed by atoms with van der Waals surface area (Å²) in [6.07, 6.45) is 9.37. The van der Waals surface area contributed by atoms with Gasteiger partial charge in [0, 0.05) is 6.20 Å². The van der Waals surface area contributed by atoms with Crippen LogP contribution in [0.25, 0.3) is 11.0 Å². The van der Waals surface area contributed by atoms with Crippen molar-refractivity contribution in [2.24, 2.45) is 0 Å². The minimum atomic E-state index is 0.667. The second-order valence-electron chi connectivity index (χ2n) is 4.51. The van der Waals surface area contributed by atoms with E-state index in [0.717, 1.165) is 23.9 Å². The quantitative estimate of drug-likeness (QED) is 0.709. The van der Waals surface area contributed by atoms with Crippen LogP contribution in [0.2, 0.25) is 0 Å². The second kappa shape index (κ2) is 3.77. The van der Waals surface area contributed by atoms with Crippen LogP contribution < -0.4 is 5.73 Å². The fourth-order valence-corrected chi connectivity index (χ4v) is 2.59. The van der Waals surface area contributed by atoms with Gasteiger partial charge < -0.3 is 5.73 Å². The Kier molecular flexibility index (Phi) is 2.27. The zero-order chi connectivity index (χ0) is 11.0. The summed E-state index contributed by atoms with van der Waals surface area (Å²) < 4.78 is 0. The number of anilines is 1. The number of nitrogens with zero attached hydrogens (tertiary/aromatic N) is 2. The number of hydrogen-bond donors (Lipinski definition) is 2. The van der Waals surface area contributed by atoms with Crippen LogP contribution in [0, 0.1) is 0 Å². The van der Waals surface area contributed by atoms with Crippen LogP contribution in [0.3, 0.4) is 0 Å². The van der Waals surface area contributed by atoms with E-state index in [9.17, 15) is 0 Å². The third kappa shape index (κ3) is 1.45. The van der Waals surface area contributed by atoms with Crippen LogP contribution in [-0.4, -0.2) is 15.2 Å². The normalized spacial score (nSPS) is 16.8. The van der Waals surface area contributed by atoms with Crippen molar-refractivity contribution in [2.75, 3.05) is 5.73 Å². The number of fused-ring (bicyclic) bond motifs is 3. The van der Waals surface area contributed by atoms with E-state index < -0.39 is 0 Å². The van der Waals surface area contributed by atoms with Crippen LogP contribution in [0.5, 0.6) is 0 Å². The van der Waals surface area contributed by atoms with E-state index in [0.29, 0.717) is 5.82 Å². The third-order valence-electron chi connectivity index (χ3n) is 3.43. The number of nitrogen functional groups attached to an aromatic ring is 1. The molecule has 0 spiro atoms. The Labute approximate surface area is 94.3 Å². The molecule has 16 heavy (non-hydrogen) atoms. The summed E-state index contributed by atoms with van der Waals surface area (Å²) in [4.78, 5) is 4.37. The molecule has 0 atom stereocenters. The maximum absolute atomic E-state index is 5.93. The maximum atomic E-state index is 5.93. The number of aromatic nitrogens is 3. The Morgan fingerprint density at radius 3 is 2.81 bits per heavy atom. The third-order valence-corrected chi connectivity index (χ3v) is 3.43. The highest BCUT2D eigenvalue weighted by atomic mass is 15.2. The largest absolute Gasteiger partial charge is 0.384 e. The molecule has 4 heteroatoms. The molecule has 0 saturated heterocycles. The number of nitrogens with two attached hydrogens (primary N) is 1. The molecular weight excluding hydrogens is 200 g/mol. The fraction of sp³-hybridized carbons (Fsp3) is 0.500. The average molecular weight is 216 g/mol. The zero-order valence-electron chi connectivity index (χ0n) is 9.29. The van der Waals surface area contributed by atoms with E-state index in [1.807, 2.05) is 6.20 Å². The fourth-order valence-electron chi connectivity index (χ4n) is 2.59. The Balaban J connectivity index is 2.21. The van der Waals surface area contributed by atoms with Crippen molar-refractivity contribution in [2.45, 2.75) is 38.5 Å². The summed E-state index contributed by atoms with van der Waals surface area (Å²) in [6, 6.07) is 0. The van der Waals surface area contributed by atoms with Crippen molar-refractivity contribution < 1.29 is 0 Å². The van der Waals surface area contributed by atoms with Crippen molar-refractivity contribution in [3.63, 3.8) is 0 Å². The van der Waals surface area contributed by atoms with E-state index in [1.54, 1.807) is 0 Å². The molecule has 1 aliphatic carbocycles. The molecule has 3 rings (SSSR count). The lowest BCUT2D eigenvalue weighted by Gasteiger charge is -2.13. The summed E-state index contributed by atoms with van der Waals surface area (Å²) in [7, 11) is 0. The molecule has 0 amide bonds. The van der Waals surface area contributed by atoms with Crippen LogP contribution in [0.15, 0.2) is 6.20 Å². The summed E-state index contributed by atoms with van der Waals surface area (Å²) >= 11 is 0. The highest BCUT2D eigenvalue weighted by Crippen LogP contribution is 2.28. The SMILES string of the molecule is Nc1[nH]nc2ncc3c(c12)CCCCCC3. The van der Waals surface area contributed by atoms with Crippen LogP contribution in [0.1, 0.15) is 36.8 Å². The summed E-state index contributed by atoms with van der Waals surface area (Å²) in [5.74, 6) is 0.667. The first-order valence-electron chi connectivity index (χ1n) is 5.96. The van der Waals surface area contributed by atoms with E-state index >= 15 is 0 Å². The summed E-state index contributed by atoms with van der Waals surface area (Å²) in [6.45, 7) is 0. The van der Waals surface area contributed by atoms with Crippen molar-refractivity contribution in [1.29, 1.82) is 0 Å². The van der Waals surface area contributed by atoms with Crippen molar-refractivity contribution in [3.8, 4) is 0 Å². The molecule has 0 saturated carbocycles. The Bertz CT molecular complexity index is 515. The highest BCUT2D eigenvalue weighted by molar-refractivity contribution is 5.89. The minimum Gasteiger partial charge on any atom is -0.384 e. The van der Waals surface area contributed by atoms with Gasteiger partial charge in [0.1, 0.15) is 5.82 Å². The molecule has 3 N–H and O–H groups in total. The lowest BCUT2D eigenvalue weighted by atomic mass is 9.93. The zero-order valence-corrected chi connectivity index (χ0v) is 9.29. The second-order valence-corrected chi connectivity index (χ2v) is 4.51. The number of H-pyrrole nitrogens is 1. The van der Waals surface area contributed by atoms with E-state index in [2.05, 4.69) is 15.2 Å². The molecule has 1 aliphatic rings. The first-order valence-corrected chi connectivity index (χ1v) is 5.96. The molecule has 2 heterocycles. The van der Waals surface area contributed by atoms with Gasteiger partial charge in [-0.25, -0.2) is 4.98 Å². The van der Waals surface area contributed by atoms with Gasteiger partial charge in [0.05, 0.1) is 5.39 Å². The number of rotatable bonds is 0. The Hall–Kier alpha value is -1.58. The van der Waals surface area contributed by atoms with Crippen LogP contribution >= 0.6 is 0 Å². The standard InChI is InChI=1S/C12H16N4/c13-11-10-9-6-4-2-1-3-5-8(9)7-14-12(10)16-15-11/h7H,1-6H2,(H3,13,14,15,16). The number of nitrogens with one attached hydrogen (secondary N) is 1. The Morgan fingerprint density at radius 1 is 1.12 bits per heavy atom. The molecule has 84 valence electrons. The molecule has 0 bridgehead atoms. The average Bonchev–Trinajstić information content (AvgIpc) is 2.61. The topological polar surface area (TPSA) is 67.6 Å². The van der Waals surface area contributed by atoms with E-state index in [-0.39, 0.29) is 0 Å². The van der Waals surface area contributed by atoms with E-state index in [4.69, 9.17) is 5.73 Å². The van der Waals surface area contributed by atoms with E-state index in [1.165, 1.54) is 36.8 Å². The maximum Gasteiger partial charge on any atom is 0.183 e.